The van der Waals surface area contributed by atoms with Gasteiger partial charge in [0, 0.05) is 30.5 Å². The molecule has 11 nitrogen and oxygen atoms in total. The van der Waals surface area contributed by atoms with Gasteiger partial charge in [-0.2, -0.15) is 5.10 Å². The highest BCUT2D eigenvalue weighted by molar-refractivity contribution is 6.04. The van der Waals surface area contributed by atoms with Crippen LogP contribution in [0.5, 0.6) is 5.75 Å². The largest absolute Gasteiger partial charge is 0.497 e. The Morgan fingerprint density at radius 2 is 2.00 bits per heavy atom. The van der Waals surface area contributed by atoms with Gasteiger partial charge in [0.25, 0.3) is 11.6 Å². The van der Waals surface area contributed by atoms with Crippen molar-refractivity contribution in [3.63, 3.8) is 0 Å². The van der Waals surface area contributed by atoms with Gasteiger partial charge in [-0.05, 0) is 23.8 Å². The first-order chi connectivity index (χ1) is 15.9. The predicted molar refractivity (Wildman–Crippen MR) is 119 cm³/mol. The average molecular weight is 451 g/mol. The van der Waals surface area contributed by atoms with E-state index in [9.17, 15) is 19.7 Å². The van der Waals surface area contributed by atoms with Gasteiger partial charge in [-0.3, -0.25) is 19.7 Å². The molecule has 33 heavy (non-hydrogen) atoms. The maximum atomic E-state index is 12.7. The molecule has 1 aliphatic rings. The highest BCUT2D eigenvalue weighted by atomic mass is 16.6. The maximum absolute atomic E-state index is 12.7. The summed E-state index contributed by atoms with van der Waals surface area (Å²) in [7, 11) is 3.12. The first-order valence-corrected chi connectivity index (χ1v) is 10.0. The number of carbonyl (C=O) groups excluding carboxylic acids is 2. The van der Waals surface area contributed by atoms with E-state index in [-0.39, 0.29) is 30.3 Å². The van der Waals surface area contributed by atoms with Crippen molar-refractivity contribution in [3.05, 3.63) is 64.3 Å². The van der Waals surface area contributed by atoms with Crippen LogP contribution in [0.1, 0.15) is 18.2 Å². The monoisotopic (exact) mass is 451 g/mol. The molecule has 0 spiro atoms. The summed E-state index contributed by atoms with van der Waals surface area (Å²) in [5, 5.41) is 20.9. The number of aromatic nitrogens is 2. The number of anilines is 2. The fraction of sp³-hybridized carbons (Fsp3) is 0.227. The molecule has 11 heteroatoms. The lowest BCUT2D eigenvalue weighted by Gasteiger charge is -2.10. The van der Waals surface area contributed by atoms with Crippen molar-refractivity contribution in [2.45, 2.75) is 19.1 Å². The third-order valence-corrected chi connectivity index (χ3v) is 5.20. The van der Waals surface area contributed by atoms with Crippen LogP contribution in [0.2, 0.25) is 0 Å². The Morgan fingerprint density at radius 1 is 1.24 bits per heavy atom. The fourth-order valence-electron chi connectivity index (χ4n) is 3.70. The van der Waals surface area contributed by atoms with Gasteiger partial charge in [-0.1, -0.05) is 18.2 Å². The van der Waals surface area contributed by atoms with E-state index in [4.69, 9.17) is 9.47 Å². The number of methoxy groups -OCH3 is 2. The van der Waals surface area contributed by atoms with Crippen molar-refractivity contribution in [2.75, 3.05) is 24.9 Å². The molecule has 2 N–H and O–H groups in total. The quantitative estimate of drug-likeness (QED) is 0.396. The van der Waals surface area contributed by atoms with Crippen molar-refractivity contribution in [2.24, 2.45) is 0 Å². The average Bonchev–Trinajstić information content (AvgIpc) is 3.29. The van der Waals surface area contributed by atoms with Crippen LogP contribution in [0.15, 0.2) is 48.5 Å². The lowest BCUT2D eigenvalue weighted by atomic mass is 10.1. The molecule has 4 rings (SSSR count). The van der Waals surface area contributed by atoms with E-state index in [1.54, 1.807) is 26.4 Å². The SMILES string of the molecule is COCc1nn2c(c1-c1ccc(OC)cc1)NC(=O)C2CC(=O)Nc1cccc([N+](=O)[O-])c1. The van der Waals surface area contributed by atoms with Crippen LogP contribution in [0.3, 0.4) is 0 Å². The zero-order valence-electron chi connectivity index (χ0n) is 17.9. The summed E-state index contributed by atoms with van der Waals surface area (Å²) in [4.78, 5) is 35.7. The van der Waals surface area contributed by atoms with Crippen molar-refractivity contribution in [1.29, 1.82) is 0 Å². The van der Waals surface area contributed by atoms with Crippen LogP contribution in [-0.4, -0.2) is 40.7 Å². The number of benzene rings is 2. The van der Waals surface area contributed by atoms with Crippen LogP contribution < -0.4 is 15.4 Å². The summed E-state index contributed by atoms with van der Waals surface area (Å²) >= 11 is 0. The number of nitrogens with one attached hydrogen (secondary N) is 2. The lowest BCUT2D eigenvalue weighted by molar-refractivity contribution is -0.384. The number of rotatable bonds is 8. The molecule has 0 saturated heterocycles. The molecule has 2 amide bonds. The van der Waals surface area contributed by atoms with E-state index in [1.807, 2.05) is 12.1 Å². The number of nitro benzene ring substituents is 1. The molecular weight excluding hydrogens is 430 g/mol. The van der Waals surface area contributed by atoms with Crippen LogP contribution in [0, 0.1) is 10.1 Å². The van der Waals surface area contributed by atoms with Gasteiger partial charge >= 0.3 is 0 Å². The molecule has 0 bridgehead atoms. The summed E-state index contributed by atoms with van der Waals surface area (Å²) in [5.74, 6) is 0.324. The van der Waals surface area contributed by atoms with Crippen molar-refractivity contribution >= 4 is 29.0 Å². The first-order valence-electron chi connectivity index (χ1n) is 10.0. The molecular formula is C22H21N5O6. The molecule has 0 radical (unpaired) electrons. The van der Waals surface area contributed by atoms with Crippen molar-refractivity contribution in [1.82, 2.24) is 9.78 Å². The van der Waals surface area contributed by atoms with Crippen LogP contribution in [0.25, 0.3) is 11.1 Å². The molecule has 0 saturated carbocycles. The molecule has 0 aliphatic carbocycles. The summed E-state index contributed by atoms with van der Waals surface area (Å²) in [6, 6.07) is 12.0. The van der Waals surface area contributed by atoms with Crippen LogP contribution in [-0.2, 0) is 20.9 Å². The number of carbonyl (C=O) groups is 2. The number of nitrogens with zero attached hydrogens (tertiary/aromatic N) is 3. The smallest absolute Gasteiger partial charge is 0.271 e. The van der Waals surface area contributed by atoms with E-state index < -0.39 is 16.9 Å². The minimum Gasteiger partial charge on any atom is -0.497 e. The van der Waals surface area contributed by atoms with E-state index in [0.717, 1.165) is 5.56 Å². The Bertz CT molecular complexity index is 1220. The molecule has 170 valence electrons. The molecule has 0 fully saturated rings. The lowest BCUT2D eigenvalue weighted by Crippen LogP contribution is -2.24. The number of hydrogen-bond donors (Lipinski definition) is 2. The Hall–Kier alpha value is -4.25. The second-order valence-corrected chi connectivity index (χ2v) is 7.34. The second-order valence-electron chi connectivity index (χ2n) is 7.34. The number of amides is 2. The number of nitro groups is 1. The predicted octanol–water partition coefficient (Wildman–Crippen LogP) is 3.14. The van der Waals surface area contributed by atoms with Crippen LogP contribution in [0.4, 0.5) is 17.2 Å². The molecule has 1 aliphatic heterocycles. The van der Waals surface area contributed by atoms with E-state index in [2.05, 4.69) is 15.7 Å². The van der Waals surface area contributed by atoms with E-state index in [0.29, 0.717) is 22.8 Å². The Morgan fingerprint density at radius 3 is 2.67 bits per heavy atom. The Balaban J connectivity index is 1.60. The normalized spacial score (nSPS) is 14.5. The number of non-ortho nitro benzene ring substituents is 1. The topological polar surface area (TPSA) is 138 Å². The molecule has 1 aromatic heterocycles. The summed E-state index contributed by atoms with van der Waals surface area (Å²) in [5.41, 5.74) is 2.25. The number of hydrogen-bond acceptors (Lipinski definition) is 7. The van der Waals surface area contributed by atoms with Gasteiger partial charge in [0.1, 0.15) is 17.6 Å². The Kier molecular flexibility index (Phi) is 6.05. The molecule has 1 unspecified atom stereocenters. The zero-order chi connectivity index (χ0) is 23.5. The molecule has 2 aromatic carbocycles. The van der Waals surface area contributed by atoms with Crippen molar-refractivity contribution in [3.8, 4) is 16.9 Å². The third kappa shape index (κ3) is 4.39. The first kappa shape index (κ1) is 22.0. The van der Waals surface area contributed by atoms with E-state index >= 15 is 0 Å². The zero-order valence-corrected chi connectivity index (χ0v) is 17.9. The summed E-state index contributed by atoms with van der Waals surface area (Å²) in [6.45, 7) is 0.212. The number of fused-ring (bicyclic) bond motifs is 1. The molecule has 1 atom stereocenters. The van der Waals surface area contributed by atoms with Gasteiger partial charge in [-0.25, -0.2) is 4.68 Å². The summed E-state index contributed by atoms with van der Waals surface area (Å²) < 4.78 is 12.0. The van der Waals surface area contributed by atoms with Gasteiger partial charge in [-0.15, -0.1) is 0 Å². The maximum Gasteiger partial charge on any atom is 0.271 e. The van der Waals surface area contributed by atoms with Gasteiger partial charge in [0.05, 0.1) is 30.8 Å². The highest BCUT2D eigenvalue weighted by Crippen LogP contribution is 2.39. The molecule has 3 aromatic rings. The van der Waals surface area contributed by atoms with Gasteiger partial charge in [0.15, 0.2) is 0 Å². The summed E-state index contributed by atoms with van der Waals surface area (Å²) in [6.07, 6.45) is -0.197. The Labute approximate surface area is 188 Å². The van der Waals surface area contributed by atoms with Gasteiger partial charge in [0.2, 0.25) is 5.91 Å². The van der Waals surface area contributed by atoms with Gasteiger partial charge < -0.3 is 20.1 Å². The molecule has 2 heterocycles. The van der Waals surface area contributed by atoms with E-state index in [1.165, 1.54) is 28.9 Å². The van der Waals surface area contributed by atoms with Crippen molar-refractivity contribution < 1.29 is 24.0 Å². The van der Waals surface area contributed by atoms with Crippen LogP contribution >= 0.6 is 0 Å². The standard InChI is InChI=1S/C22H21N5O6/c1-32-12-17-20(13-6-8-16(33-2)9-7-13)21-24-22(29)18(26(21)25-17)11-19(28)23-14-4-3-5-15(10-14)27(30)31/h3-10,18H,11-12H2,1-2H3,(H,23,28)(H,24,29). The minimum absolute atomic E-state index is 0.144. The fourth-order valence-corrected chi connectivity index (χ4v) is 3.70. The second kappa shape index (κ2) is 9.09. The highest BCUT2D eigenvalue weighted by Gasteiger charge is 2.37. The number of ether oxygens (including phenoxy) is 2. The minimum atomic E-state index is -0.874. The third-order valence-electron chi connectivity index (χ3n) is 5.20.